The summed E-state index contributed by atoms with van der Waals surface area (Å²) < 4.78 is 19.6. The fraction of sp³-hybridized carbons (Fsp3) is 0.619. The number of nitrogens with zero attached hydrogens (tertiary/aromatic N) is 1. The molecular formula is C21H30FN3O2. The Bertz CT molecular complexity index is 773. The van der Waals surface area contributed by atoms with Crippen LogP contribution in [-0.2, 0) is 4.74 Å². The summed E-state index contributed by atoms with van der Waals surface area (Å²) in [7, 11) is 0. The molecule has 1 saturated carbocycles. The molecule has 1 unspecified atom stereocenters. The van der Waals surface area contributed by atoms with Gasteiger partial charge in [0.25, 0.3) is 0 Å². The highest BCUT2D eigenvalue weighted by Crippen LogP contribution is 2.33. The second kappa shape index (κ2) is 8.28. The number of carbonyl (C=O) groups is 1. The van der Waals surface area contributed by atoms with Crippen molar-refractivity contribution in [1.82, 2.24) is 15.3 Å². The Morgan fingerprint density at radius 2 is 1.89 bits per heavy atom. The molecule has 0 radical (unpaired) electrons. The lowest BCUT2D eigenvalue weighted by atomic mass is 9.85. The van der Waals surface area contributed by atoms with E-state index in [1.165, 1.54) is 25.3 Å². The average molecular weight is 375 g/mol. The molecule has 0 bridgehead atoms. The van der Waals surface area contributed by atoms with Crippen LogP contribution in [-0.4, -0.2) is 21.7 Å². The van der Waals surface area contributed by atoms with Crippen molar-refractivity contribution in [3.8, 4) is 0 Å². The third-order valence-electron chi connectivity index (χ3n) is 5.07. The predicted molar refractivity (Wildman–Crippen MR) is 104 cm³/mol. The Morgan fingerprint density at radius 3 is 2.52 bits per heavy atom. The normalized spacial score (nSPS) is 17.9. The fourth-order valence-corrected chi connectivity index (χ4v) is 3.83. The number of aromatic amines is 1. The van der Waals surface area contributed by atoms with Gasteiger partial charge in [0, 0.05) is 0 Å². The average Bonchev–Trinajstić information content (AvgIpc) is 2.96. The summed E-state index contributed by atoms with van der Waals surface area (Å²) in [6.07, 6.45) is 7.52. The van der Waals surface area contributed by atoms with Crippen LogP contribution in [0.15, 0.2) is 18.2 Å². The van der Waals surface area contributed by atoms with Crippen LogP contribution in [0.1, 0.15) is 77.6 Å². The van der Waals surface area contributed by atoms with Crippen LogP contribution in [0.3, 0.4) is 0 Å². The molecule has 3 rings (SSSR count). The van der Waals surface area contributed by atoms with Crippen molar-refractivity contribution >= 4 is 17.1 Å². The van der Waals surface area contributed by atoms with Gasteiger partial charge in [-0.15, -0.1) is 0 Å². The predicted octanol–water partition coefficient (Wildman–Crippen LogP) is 5.63. The van der Waals surface area contributed by atoms with Gasteiger partial charge in [0.15, 0.2) is 5.82 Å². The SMILES string of the molecule is CC(C)(C)OC(=O)NC(c1nc2c(F)cccc2[nH]1)C1CCCCCCC1. The summed E-state index contributed by atoms with van der Waals surface area (Å²) >= 11 is 0. The first kappa shape index (κ1) is 19.6. The van der Waals surface area contributed by atoms with Crippen LogP contribution in [0.5, 0.6) is 0 Å². The Kier molecular flexibility index (Phi) is 6.02. The van der Waals surface area contributed by atoms with Gasteiger partial charge in [0.1, 0.15) is 16.9 Å². The van der Waals surface area contributed by atoms with Gasteiger partial charge in [-0.2, -0.15) is 0 Å². The molecule has 148 valence electrons. The smallest absolute Gasteiger partial charge is 0.408 e. The highest BCUT2D eigenvalue weighted by molar-refractivity contribution is 5.76. The summed E-state index contributed by atoms with van der Waals surface area (Å²) in [6, 6.07) is 4.55. The Morgan fingerprint density at radius 1 is 1.22 bits per heavy atom. The van der Waals surface area contributed by atoms with Crippen LogP contribution in [0.4, 0.5) is 9.18 Å². The molecule has 0 saturated heterocycles. The zero-order valence-electron chi connectivity index (χ0n) is 16.5. The number of halogens is 1. The van der Waals surface area contributed by atoms with Gasteiger partial charge in [-0.3, -0.25) is 0 Å². The van der Waals surface area contributed by atoms with Gasteiger partial charge >= 0.3 is 6.09 Å². The molecule has 1 amide bonds. The lowest BCUT2D eigenvalue weighted by Gasteiger charge is -2.29. The number of aromatic nitrogens is 2. The van der Waals surface area contributed by atoms with E-state index in [2.05, 4.69) is 15.3 Å². The minimum atomic E-state index is -0.574. The number of imidazole rings is 1. The number of para-hydroxylation sites is 1. The molecule has 1 aromatic carbocycles. The fourth-order valence-electron chi connectivity index (χ4n) is 3.83. The minimum Gasteiger partial charge on any atom is -0.444 e. The van der Waals surface area contributed by atoms with E-state index < -0.39 is 11.7 Å². The van der Waals surface area contributed by atoms with Crippen LogP contribution >= 0.6 is 0 Å². The van der Waals surface area contributed by atoms with E-state index in [1.54, 1.807) is 12.1 Å². The number of hydrogen-bond donors (Lipinski definition) is 2. The molecule has 2 aromatic rings. The molecule has 5 nitrogen and oxygen atoms in total. The number of hydrogen-bond acceptors (Lipinski definition) is 3. The molecule has 1 aliphatic carbocycles. The third-order valence-corrected chi connectivity index (χ3v) is 5.07. The zero-order valence-corrected chi connectivity index (χ0v) is 16.5. The van der Waals surface area contributed by atoms with Gasteiger partial charge in [-0.05, 0) is 51.7 Å². The summed E-state index contributed by atoms with van der Waals surface area (Å²) in [6.45, 7) is 5.52. The lowest BCUT2D eigenvalue weighted by Crippen LogP contribution is -2.38. The van der Waals surface area contributed by atoms with Crippen molar-refractivity contribution in [1.29, 1.82) is 0 Å². The van der Waals surface area contributed by atoms with E-state index in [1.807, 2.05) is 20.8 Å². The first-order chi connectivity index (χ1) is 12.8. The zero-order chi connectivity index (χ0) is 19.4. The third kappa shape index (κ3) is 5.21. The summed E-state index contributed by atoms with van der Waals surface area (Å²) in [5.41, 5.74) is 0.386. The maximum Gasteiger partial charge on any atom is 0.408 e. The van der Waals surface area contributed by atoms with E-state index in [9.17, 15) is 9.18 Å². The first-order valence-corrected chi connectivity index (χ1v) is 9.97. The number of H-pyrrole nitrogens is 1. The molecule has 1 atom stereocenters. The molecule has 0 aliphatic heterocycles. The van der Waals surface area contributed by atoms with Crippen LogP contribution in [0.25, 0.3) is 11.0 Å². The quantitative estimate of drug-likeness (QED) is 0.731. The van der Waals surface area contributed by atoms with Gasteiger partial charge < -0.3 is 15.0 Å². The molecule has 1 aromatic heterocycles. The van der Waals surface area contributed by atoms with Gasteiger partial charge in [0.05, 0.1) is 11.6 Å². The van der Waals surface area contributed by atoms with Crippen molar-refractivity contribution < 1.29 is 13.9 Å². The summed E-state index contributed by atoms with van der Waals surface area (Å²) in [5.74, 6) is 0.497. The number of fused-ring (bicyclic) bond motifs is 1. The summed E-state index contributed by atoms with van der Waals surface area (Å²) in [5, 5.41) is 3.01. The molecule has 2 N–H and O–H groups in total. The van der Waals surface area contributed by atoms with E-state index in [0.29, 0.717) is 16.9 Å². The molecule has 27 heavy (non-hydrogen) atoms. The van der Waals surface area contributed by atoms with Gasteiger partial charge in [0.2, 0.25) is 0 Å². The number of amides is 1. The Labute approximate surface area is 160 Å². The van der Waals surface area contributed by atoms with Crippen LogP contribution in [0, 0.1) is 11.7 Å². The van der Waals surface area contributed by atoms with Gasteiger partial charge in [-0.25, -0.2) is 14.2 Å². The standard InChI is InChI=1S/C21H30FN3O2/c1-21(2,3)27-20(26)25-17(14-10-7-5-4-6-8-11-14)19-23-16-13-9-12-15(22)18(16)24-19/h9,12-14,17H,4-8,10-11H2,1-3H3,(H,23,24)(H,25,26). The van der Waals surface area contributed by atoms with Crippen molar-refractivity contribution in [2.75, 3.05) is 0 Å². The van der Waals surface area contributed by atoms with Gasteiger partial charge in [-0.1, -0.05) is 38.2 Å². The molecule has 6 heteroatoms. The number of alkyl carbamates (subject to hydrolysis) is 1. The largest absolute Gasteiger partial charge is 0.444 e. The number of benzene rings is 1. The lowest BCUT2D eigenvalue weighted by molar-refractivity contribution is 0.0475. The summed E-state index contributed by atoms with van der Waals surface area (Å²) in [4.78, 5) is 20.2. The van der Waals surface area contributed by atoms with E-state index in [-0.39, 0.29) is 17.8 Å². The Balaban J connectivity index is 1.89. The molecule has 1 aliphatic rings. The molecule has 1 fully saturated rings. The Hall–Kier alpha value is -2.11. The van der Waals surface area contributed by atoms with Crippen LogP contribution in [0.2, 0.25) is 0 Å². The number of rotatable bonds is 3. The van der Waals surface area contributed by atoms with Crippen molar-refractivity contribution in [3.63, 3.8) is 0 Å². The maximum absolute atomic E-state index is 14.1. The second-order valence-electron chi connectivity index (χ2n) is 8.49. The highest BCUT2D eigenvalue weighted by Gasteiger charge is 2.30. The molecule has 0 spiro atoms. The second-order valence-corrected chi connectivity index (χ2v) is 8.49. The number of nitrogens with one attached hydrogen (secondary N) is 2. The topological polar surface area (TPSA) is 67.0 Å². The van der Waals surface area contributed by atoms with E-state index in [4.69, 9.17) is 4.74 Å². The monoisotopic (exact) mass is 375 g/mol. The minimum absolute atomic E-state index is 0.251. The first-order valence-electron chi connectivity index (χ1n) is 9.97. The van der Waals surface area contributed by atoms with Crippen LogP contribution < -0.4 is 5.32 Å². The van der Waals surface area contributed by atoms with Crippen molar-refractivity contribution in [2.45, 2.75) is 77.4 Å². The van der Waals surface area contributed by atoms with E-state index >= 15 is 0 Å². The molecular weight excluding hydrogens is 345 g/mol. The maximum atomic E-state index is 14.1. The molecule has 1 heterocycles. The van der Waals surface area contributed by atoms with Crippen molar-refractivity contribution in [3.05, 3.63) is 29.8 Å². The van der Waals surface area contributed by atoms with Crippen molar-refractivity contribution in [2.24, 2.45) is 5.92 Å². The number of carbonyl (C=O) groups excluding carboxylic acids is 1. The number of ether oxygens (including phenoxy) is 1. The van der Waals surface area contributed by atoms with E-state index in [0.717, 1.165) is 25.7 Å². The highest BCUT2D eigenvalue weighted by atomic mass is 19.1.